The van der Waals surface area contributed by atoms with Gasteiger partial charge in [0.25, 0.3) is 0 Å². The second-order valence-corrected chi connectivity index (χ2v) is 16.1. The summed E-state index contributed by atoms with van der Waals surface area (Å²) >= 11 is 3.73. The zero-order valence-electron chi connectivity index (χ0n) is 25.6. The Morgan fingerprint density at radius 1 is 0.872 bits per heavy atom. The third kappa shape index (κ3) is 9.90. The van der Waals surface area contributed by atoms with Gasteiger partial charge in [-0.05, 0) is 94.1 Å². The van der Waals surface area contributed by atoms with Gasteiger partial charge in [0.1, 0.15) is 0 Å². The van der Waals surface area contributed by atoms with Crippen LogP contribution in [0.2, 0.25) is 0 Å². The summed E-state index contributed by atoms with van der Waals surface area (Å²) in [6.45, 7) is 20.2. The molecule has 39 heavy (non-hydrogen) atoms. The Labute approximate surface area is 246 Å². The molecule has 3 rings (SSSR count). The summed E-state index contributed by atoms with van der Waals surface area (Å²) in [4.78, 5) is 18.5. The quantitative estimate of drug-likeness (QED) is 0.198. The van der Waals surface area contributed by atoms with Crippen molar-refractivity contribution in [3.8, 4) is 0 Å². The molecule has 0 N–H and O–H groups in total. The van der Waals surface area contributed by atoms with Crippen LogP contribution in [-0.2, 0) is 17.6 Å². The van der Waals surface area contributed by atoms with Gasteiger partial charge < -0.3 is 5.11 Å². The van der Waals surface area contributed by atoms with E-state index in [9.17, 15) is 9.90 Å². The Morgan fingerprint density at radius 3 is 2.10 bits per heavy atom. The highest BCUT2D eigenvalue weighted by atomic mass is 32.2. The van der Waals surface area contributed by atoms with Crippen molar-refractivity contribution in [2.45, 2.75) is 101 Å². The lowest BCUT2D eigenvalue weighted by Crippen LogP contribution is -2.29. The topological polar surface area (TPSA) is 40.1 Å². The predicted octanol–water partition coefficient (Wildman–Crippen LogP) is 9.71. The summed E-state index contributed by atoms with van der Waals surface area (Å²) in [5.41, 5.74) is 2.85. The van der Waals surface area contributed by atoms with Crippen LogP contribution < -0.4 is 5.11 Å². The van der Waals surface area contributed by atoms with Crippen molar-refractivity contribution in [1.82, 2.24) is 0 Å². The van der Waals surface area contributed by atoms with E-state index >= 15 is 0 Å². The summed E-state index contributed by atoms with van der Waals surface area (Å²) in [6.07, 6.45) is 14.3. The van der Waals surface area contributed by atoms with E-state index in [0.717, 1.165) is 49.7 Å². The van der Waals surface area contributed by atoms with Crippen LogP contribution in [0.4, 0.5) is 0 Å². The number of Topliss-reactive ketones (excluding diaryl/α,β-unsaturated/α-hetero) is 1. The standard InChI is InChI=1S/C35H48O2S2/c1-22(2)10-11-27-16-25(18-29(38-27)14-23(3)4)20-31-33(36)32(34(31)37)21-26-17-28(12-13-35(7,8)9)39-30(19-26)15-24(5)6/h16-24H,10-15H2,1-9H3. The molecular weight excluding hydrogens is 517 g/mol. The first-order valence-corrected chi connectivity index (χ1v) is 16.3. The second-order valence-electron chi connectivity index (χ2n) is 13.6. The molecule has 0 aromatic carbocycles. The van der Waals surface area contributed by atoms with E-state index in [-0.39, 0.29) is 17.0 Å². The number of rotatable bonds is 11. The lowest BCUT2D eigenvalue weighted by Gasteiger charge is -2.29. The number of hydrogen-bond acceptors (Lipinski definition) is 3. The molecule has 0 bridgehead atoms. The number of ketones is 1. The van der Waals surface area contributed by atoms with E-state index < -0.39 is 0 Å². The lowest BCUT2D eigenvalue weighted by molar-refractivity contribution is -0.300. The zero-order chi connectivity index (χ0) is 28.9. The van der Waals surface area contributed by atoms with E-state index in [4.69, 9.17) is 0 Å². The third-order valence-corrected chi connectivity index (χ3v) is 9.01. The fourth-order valence-corrected chi connectivity index (χ4v) is 7.37. The van der Waals surface area contributed by atoms with Gasteiger partial charge in [0, 0.05) is 36.1 Å². The van der Waals surface area contributed by atoms with Crippen molar-refractivity contribution in [2.75, 3.05) is 0 Å². The van der Waals surface area contributed by atoms with Crippen LogP contribution in [0.1, 0.15) is 103 Å². The van der Waals surface area contributed by atoms with Crippen molar-refractivity contribution in [3.63, 3.8) is 0 Å². The van der Waals surface area contributed by atoms with Gasteiger partial charge in [-0.3, -0.25) is 4.79 Å². The van der Waals surface area contributed by atoms with Crippen LogP contribution >= 0.6 is 23.1 Å². The molecule has 2 heterocycles. The van der Waals surface area contributed by atoms with Gasteiger partial charge in [0.2, 0.25) is 21.1 Å². The van der Waals surface area contributed by atoms with Crippen molar-refractivity contribution < 1.29 is 9.90 Å². The van der Waals surface area contributed by atoms with Crippen molar-refractivity contribution in [2.24, 2.45) is 23.2 Å². The van der Waals surface area contributed by atoms with E-state index in [0.29, 0.717) is 28.9 Å². The van der Waals surface area contributed by atoms with Crippen LogP contribution in [0.5, 0.6) is 0 Å². The molecule has 1 aromatic heterocycles. The Morgan fingerprint density at radius 2 is 1.51 bits per heavy atom. The molecule has 2 aliphatic rings. The molecule has 212 valence electrons. The second kappa shape index (κ2) is 13.6. The fourth-order valence-electron chi connectivity index (χ4n) is 4.66. The Bertz CT molecular complexity index is 1210. The molecule has 0 spiro atoms. The molecule has 1 aliphatic carbocycles. The Balaban J connectivity index is 1.92. The van der Waals surface area contributed by atoms with Gasteiger partial charge in [-0.15, -0.1) is 0 Å². The normalized spacial score (nSPS) is 18.5. The third-order valence-electron chi connectivity index (χ3n) is 6.74. The highest BCUT2D eigenvalue weighted by Crippen LogP contribution is 2.40. The number of hydrogen-bond donors (Lipinski definition) is 0. The zero-order valence-corrected chi connectivity index (χ0v) is 27.2. The SMILES string of the molecule is CC(C)CCC1=CC(=CC2=C([O-])C(=Cc3cc(CCC(C)(C)C)[s+]c(CC(C)C)c3)C2=O)C=C(CC(C)C)S1. The summed E-state index contributed by atoms with van der Waals surface area (Å²) < 4.78 is 0. The van der Waals surface area contributed by atoms with Gasteiger partial charge in [-0.2, -0.15) is 0 Å². The first-order valence-electron chi connectivity index (χ1n) is 14.6. The van der Waals surface area contributed by atoms with Crippen LogP contribution in [0.25, 0.3) is 6.08 Å². The minimum atomic E-state index is -0.129. The van der Waals surface area contributed by atoms with E-state index in [1.807, 2.05) is 35.3 Å². The predicted molar refractivity (Wildman–Crippen MR) is 170 cm³/mol. The number of carbonyl (C=O) groups is 1. The average molecular weight is 565 g/mol. The minimum Gasteiger partial charge on any atom is -0.871 e. The van der Waals surface area contributed by atoms with Crippen LogP contribution in [0.15, 0.2) is 62.6 Å². The molecule has 4 heteroatoms. The van der Waals surface area contributed by atoms with E-state index in [1.54, 1.807) is 0 Å². The summed E-state index contributed by atoms with van der Waals surface area (Å²) in [5, 5.41) is 13.2. The molecule has 0 radical (unpaired) electrons. The number of aryl methyl sites for hydroxylation is 1. The maximum absolute atomic E-state index is 13.2. The van der Waals surface area contributed by atoms with Gasteiger partial charge in [-0.1, -0.05) is 79.8 Å². The first kappa shape index (κ1) is 31.6. The van der Waals surface area contributed by atoms with Gasteiger partial charge in [0.05, 0.1) is 0 Å². The average Bonchev–Trinajstić information content (AvgIpc) is 2.82. The van der Waals surface area contributed by atoms with Crippen molar-refractivity contribution >= 4 is 35.0 Å². The van der Waals surface area contributed by atoms with Crippen molar-refractivity contribution in [1.29, 1.82) is 0 Å². The molecule has 0 saturated carbocycles. The van der Waals surface area contributed by atoms with E-state index in [2.05, 4.69) is 86.6 Å². The molecular formula is C35H48O2S2. The summed E-state index contributed by atoms with van der Waals surface area (Å²) in [5.74, 6) is 1.50. The largest absolute Gasteiger partial charge is 0.871 e. The van der Waals surface area contributed by atoms with E-state index in [1.165, 1.54) is 19.6 Å². The van der Waals surface area contributed by atoms with Crippen LogP contribution in [0, 0.1) is 23.2 Å². The Hall–Kier alpha value is -1.91. The molecule has 1 aromatic rings. The highest BCUT2D eigenvalue weighted by Gasteiger charge is 2.27. The fraction of sp³-hybridized carbons (Fsp3) is 0.543. The first-order chi connectivity index (χ1) is 18.2. The summed E-state index contributed by atoms with van der Waals surface area (Å²) in [7, 11) is 0. The highest BCUT2D eigenvalue weighted by molar-refractivity contribution is 8.06. The molecule has 2 nitrogen and oxygen atoms in total. The molecule has 0 atom stereocenters. The maximum Gasteiger partial charge on any atom is 0.218 e. The maximum atomic E-state index is 13.2. The Kier molecular flexibility index (Phi) is 11.1. The number of allylic oxidation sites excluding steroid dienone is 8. The monoisotopic (exact) mass is 564 g/mol. The molecule has 0 fully saturated rings. The van der Waals surface area contributed by atoms with Crippen LogP contribution in [-0.4, -0.2) is 5.78 Å². The van der Waals surface area contributed by atoms with Gasteiger partial charge in [-0.25, -0.2) is 0 Å². The molecule has 0 amide bonds. The van der Waals surface area contributed by atoms with Gasteiger partial charge in [0.15, 0.2) is 5.78 Å². The van der Waals surface area contributed by atoms with Crippen LogP contribution in [0.3, 0.4) is 0 Å². The smallest absolute Gasteiger partial charge is 0.218 e. The van der Waals surface area contributed by atoms with Gasteiger partial charge >= 0.3 is 0 Å². The molecule has 1 aliphatic heterocycles. The van der Waals surface area contributed by atoms with Crippen molar-refractivity contribution in [3.05, 3.63) is 78.0 Å². The molecule has 0 unspecified atom stereocenters. The summed E-state index contributed by atoms with van der Waals surface area (Å²) in [6, 6.07) is 4.34. The lowest BCUT2D eigenvalue weighted by atomic mass is 9.85. The minimum absolute atomic E-state index is 0.129. The number of thioether (sulfide) groups is 1. The number of carbonyl (C=O) groups excluding carboxylic acids is 1. The molecule has 0 saturated heterocycles.